The van der Waals surface area contributed by atoms with E-state index in [1.807, 2.05) is 24.3 Å². The summed E-state index contributed by atoms with van der Waals surface area (Å²) in [7, 11) is -5.63. The topological polar surface area (TPSA) is 89.5 Å². The first-order valence-corrected chi connectivity index (χ1v) is 12.5. The standard InChI is InChI=1S/C19H22ClNO5S2/c1-26-16-6-2-14(3-7-16)10-11-21-18-12-27(22,23)13-19(18)28(24,25)17-8-4-15(20)5-9-17/h2-9,18-19,21H,10-13H2,1H3. The molecule has 1 saturated heterocycles. The van der Waals surface area contributed by atoms with Gasteiger partial charge in [-0.05, 0) is 54.9 Å². The highest BCUT2D eigenvalue weighted by Crippen LogP contribution is 2.27. The van der Waals surface area contributed by atoms with Gasteiger partial charge < -0.3 is 10.1 Å². The van der Waals surface area contributed by atoms with Gasteiger partial charge in [0.1, 0.15) is 5.75 Å². The zero-order valence-electron chi connectivity index (χ0n) is 15.3. The van der Waals surface area contributed by atoms with Gasteiger partial charge in [-0.25, -0.2) is 16.8 Å². The van der Waals surface area contributed by atoms with Crippen molar-refractivity contribution in [2.45, 2.75) is 22.6 Å². The number of sulfone groups is 2. The van der Waals surface area contributed by atoms with E-state index in [0.29, 0.717) is 18.0 Å². The summed E-state index contributed by atoms with van der Waals surface area (Å²) in [6.07, 6.45) is 0.647. The summed E-state index contributed by atoms with van der Waals surface area (Å²) in [5.41, 5.74) is 1.05. The molecule has 2 aromatic carbocycles. The summed E-state index contributed by atoms with van der Waals surface area (Å²) >= 11 is 5.83. The molecule has 1 heterocycles. The first-order valence-electron chi connectivity index (χ1n) is 8.77. The van der Waals surface area contributed by atoms with Crippen LogP contribution in [-0.4, -0.2) is 53.3 Å². The average molecular weight is 444 g/mol. The normalized spacial score (nSPS) is 21.5. The fourth-order valence-electron chi connectivity index (χ4n) is 3.30. The van der Waals surface area contributed by atoms with Crippen molar-refractivity contribution < 1.29 is 21.6 Å². The van der Waals surface area contributed by atoms with Crippen molar-refractivity contribution in [2.75, 3.05) is 25.2 Å². The molecule has 9 heteroatoms. The molecule has 6 nitrogen and oxygen atoms in total. The van der Waals surface area contributed by atoms with Crippen LogP contribution in [0.3, 0.4) is 0 Å². The number of halogens is 1. The number of hydrogen-bond donors (Lipinski definition) is 1. The maximum Gasteiger partial charge on any atom is 0.183 e. The average Bonchev–Trinajstić information content (AvgIpc) is 2.98. The zero-order chi connectivity index (χ0) is 20.4. The van der Waals surface area contributed by atoms with Gasteiger partial charge in [0.15, 0.2) is 19.7 Å². The van der Waals surface area contributed by atoms with E-state index in [-0.39, 0.29) is 16.4 Å². The maximum absolute atomic E-state index is 13.0. The molecule has 3 rings (SSSR count). The van der Waals surface area contributed by atoms with E-state index in [4.69, 9.17) is 16.3 Å². The van der Waals surface area contributed by atoms with Gasteiger partial charge in [0.25, 0.3) is 0 Å². The minimum Gasteiger partial charge on any atom is -0.497 e. The number of hydrogen-bond acceptors (Lipinski definition) is 6. The molecule has 0 radical (unpaired) electrons. The molecular weight excluding hydrogens is 422 g/mol. The highest BCUT2D eigenvalue weighted by atomic mass is 35.5. The summed E-state index contributed by atoms with van der Waals surface area (Å²) in [5, 5.41) is 2.54. The minimum absolute atomic E-state index is 0.0842. The molecule has 28 heavy (non-hydrogen) atoms. The number of benzene rings is 2. The molecule has 0 amide bonds. The Kier molecular flexibility index (Phi) is 6.34. The van der Waals surface area contributed by atoms with E-state index in [9.17, 15) is 16.8 Å². The van der Waals surface area contributed by atoms with Gasteiger partial charge in [0.2, 0.25) is 0 Å². The molecule has 152 valence electrons. The zero-order valence-corrected chi connectivity index (χ0v) is 17.7. The molecule has 1 fully saturated rings. The van der Waals surface area contributed by atoms with Crippen LogP contribution < -0.4 is 10.1 Å². The second-order valence-electron chi connectivity index (χ2n) is 6.77. The van der Waals surface area contributed by atoms with Crippen LogP contribution in [0.15, 0.2) is 53.4 Å². The van der Waals surface area contributed by atoms with Gasteiger partial charge in [0, 0.05) is 11.1 Å². The third kappa shape index (κ3) is 4.86. The first-order chi connectivity index (χ1) is 13.2. The second-order valence-corrected chi connectivity index (χ2v) is 11.5. The van der Waals surface area contributed by atoms with Crippen molar-refractivity contribution >= 4 is 31.3 Å². The van der Waals surface area contributed by atoms with Crippen LogP contribution in [0.5, 0.6) is 5.75 Å². The van der Waals surface area contributed by atoms with Gasteiger partial charge in [-0.15, -0.1) is 0 Å². The molecule has 1 N–H and O–H groups in total. The van der Waals surface area contributed by atoms with Crippen LogP contribution in [0.25, 0.3) is 0 Å². The van der Waals surface area contributed by atoms with Crippen LogP contribution in [0.2, 0.25) is 5.02 Å². The molecule has 0 aromatic heterocycles. The Labute approximate surface area is 170 Å². The van der Waals surface area contributed by atoms with Gasteiger partial charge in [-0.1, -0.05) is 23.7 Å². The van der Waals surface area contributed by atoms with E-state index < -0.39 is 31.0 Å². The lowest BCUT2D eigenvalue weighted by atomic mass is 10.1. The van der Waals surface area contributed by atoms with Crippen LogP contribution in [-0.2, 0) is 26.1 Å². The highest BCUT2D eigenvalue weighted by Gasteiger charge is 2.45. The molecular formula is C19H22ClNO5S2. The van der Waals surface area contributed by atoms with E-state index in [1.54, 1.807) is 7.11 Å². The Morgan fingerprint density at radius 2 is 1.71 bits per heavy atom. The predicted molar refractivity (Wildman–Crippen MR) is 110 cm³/mol. The van der Waals surface area contributed by atoms with E-state index >= 15 is 0 Å². The van der Waals surface area contributed by atoms with Gasteiger partial charge >= 0.3 is 0 Å². The summed E-state index contributed by atoms with van der Waals surface area (Å²) in [6, 6.07) is 12.7. The maximum atomic E-state index is 13.0. The van der Waals surface area contributed by atoms with Crippen LogP contribution >= 0.6 is 11.6 Å². The van der Waals surface area contributed by atoms with Crippen LogP contribution in [0.4, 0.5) is 0 Å². The summed E-state index contributed by atoms with van der Waals surface area (Å²) in [4.78, 5) is 0.0842. The Hall–Kier alpha value is -1.61. The molecule has 1 aliphatic heterocycles. The molecule has 1 aliphatic rings. The SMILES string of the molecule is COc1ccc(CCNC2CS(=O)(=O)CC2S(=O)(=O)c2ccc(Cl)cc2)cc1. The third-order valence-corrected chi connectivity index (χ3v) is 9.24. The largest absolute Gasteiger partial charge is 0.497 e. The molecule has 2 unspecified atom stereocenters. The number of ether oxygens (including phenoxy) is 1. The predicted octanol–water partition coefficient (Wildman–Crippen LogP) is 2.12. The van der Waals surface area contributed by atoms with Gasteiger partial charge in [-0.3, -0.25) is 0 Å². The van der Waals surface area contributed by atoms with Crippen LogP contribution in [0.1, 0.15) is 5.56 Å². The molecule has 0 bridgehead atoms. The lowest BCUT2D eigenvalue weighted by Crippen LogP contribution is -2.44. The van der Waals surface area contributed by atoms with Crippen molar-refractivity contribution in [3.8, 4) is 5.75 Å². The van der Waals surface area contributed by atoms with Crippen molar-refractivity contribution in [3.63, 3.8) is 0 Å². The summed E-state index contributed by atoms with van der Waals surface area (Å²) < 4.78 is 55.4. The van der Waals surface area contributed by atoms with Crippen LogP contribution in [0, 0.1) is 0 Å². The molecule has 0 aliphatic carbocycles. The summed E-state index contributed by atoms with van der Waals surface area (Å²) in [6.45, 7) is 0.471. The number of methoxy groups -OCH3 is 1. The fraction of sp³-hybridized carbons (Fsp3) is 0.368. The fourth-order valence-corrected chi connectivity index (χ4v) is 8.15. The Balaban J connectivity index is 1.72. The van der Waals surface area contributed by atoms with Gasteiger partial charge in [-0.2, -0.15) is 0 Å². The first kappa shape index (κ1) is 21.1. The molecule has 2 atom stereocenters. The minimum atomic E-state index is -3.80. The monoisotopic (exact) mass is 443 g/mol. The Bertz CT molecular complexity index is 1020. The van der Waals surface area contributed by atoms with E-state index in [1.165, 1.54) is 24.3 Å². The highest BCUT2D eigenvalue weighted by molar-refractivity contribution is 7.96. The van der Waals surface area contributed by atoms with E-state index in [2.05, 4.69) is 5.32 Å². The molecule has 2 aromatic rings. The third-order valence-electron chi connectivity index (χ3n) is 4.82. The summed E-state index contributed by atoms with van der Waals surface area (Å²) in [5.74, 6) is 0.193. The molecule has 0 saturated carbocycles. The van der Waals surface area contributed by atoms with Gasteiger partial charge in [0.05, 0.1) is 28.8 Å². The van der Waals surface area contributed by atoms with E-state index in [0.717, 1.165) is 11.3 Å². The number of rotatable bonds is 7. The van der Waals surface area contributed by atoms with Crippen molar-refractivity contribution in [1.82, 2.24) is 5.32 Å². The van der Waals surface area contributed by atoms with Crippen molar-refractivity contribution in [1.29, 1.82) is 0 Å². The second kappa shape index (κ2) is 8.41. The lowest BCUT2D eigenvalue weighted by molar-refractivity contribution is 0.414. The van der Waals surface area contributed by atoms with Crippen molar-refractivity contribution in [3.05, 3.63) is 59.1 Å². The van der Waals surface area contributed by atoms with Crippen molar-refractivity contribution in [2.24, 2.45) is 0 Å². The molecule has 0 spiro atoms. The Morgan fingerprint density at radius 3 is 2.32 bits per heavy atom. The quantitative estimate of drug-likeness (QED) is 0.705. The lowest BCUT2D eigenvalue weighted by Gasteiger charge is -2.20. The Morgan fingerprint density at radius 1 is 1.07 bits per heavy atom. The smallest absolute Gasteiger partial charge is 0.183 e. The number of nitrogens with one attached hydrogen (secondary N) is 1.